The minimum absolute atomic E-state index is 0.0877. The number of rotatable bonds is 6. The molecule has 4 N–H and O–H groups in total. The standard InChI is InChI=1S/C21H26N4O2/c1-15(17-8-3-2-4-9-17)23-21(27)24-18-10-5-7-16(13-18)14-25-12-6-11-19(25)20(22)26/h2-5,7-10,13,15,19H,6,11-12,14H2,1H3,(H2,22,26)(H2,23,24,27)/t15-,19-/m1/s1. The van der Waals surface area contributed by atoms with Crippen LogP contribution in [0.15, 0.2) is 54.6 Å². The summed E-state index contributed by atoms with van der Waals surface area (Å²) in [6.07, 6.45) is 1.79. The van der Waals surface area contributed by atoms with Gasteiger partial charge in [-0.3, -0.25) is 9.69 Å². The number of primary amides is 1. The molecule has 1 saturated heterocycles. The molecule has 0 bridgehead atoms. The fourth-order valence-corrected chi connectivity index (χ4v) is 3.51. The molecule has 2 atom stereocenters. The van der Waals surface area contributed by atoms with Crippen molar-refractivity contribution in [2.45, 2.75) is 38.4 Å². The molecule has 0 radical (unpaired) electrons. The number of carbonyl (C=O) groups is 2. The fraction of sp³-hybridized carbons (Fsp3) is 0.333. The molecule has 1 aliphatic rings. The van der Waals surface area contributed by atoms with Gasteiger partial charge < -0.3 is 16.4 Å². The Morgan fingerprint density at radius 1 is 1.19 bits per heavy atom. The van der Waals surface area contributed by atoms with E-state index in [0.717, 1.165) is 36.2 Å². The van der Waals surface area contributed by atoms with E-state index >= 15 is 0 Å². The number of carbonyl (C=O) groups excluding carboxylic acids is 2. The molecule has 142 valence electrons. The van der Waals surface area contributed by atoms with Gasteiger partial charge in [-0.05, 0) is 49.6 Å². The smallest absolute Gasteiger partial charge is 0.319 e. The lowest BCUT2D eigenvalue weighted by Crippen LogP contribution is -2.39. The minimum atomic E-state index is -0.268. The first-order valence-electron chi connectivity index (χ1n) is 9.27. The molecule has 0 spiro atoms. The number of nitrogens with two attached hydrogens (primary N) is 1. The Bertz CT molecular complexity index is 794. The van der Waals surface area contributed by atoms with Crippen LogP contribution in [0.5, 0.6) is 0 Å². The maximum atomic E-state index is 12.3. The van der Waals surface area contributed by atoms with Gasteiger partial charge in [-0.2, -0.15) is 0 Å². The molecular formula is C21H26N4O2. The summed E-state index contributed by atoms with van der Waals surface area (Å²) in [7, 11) is 0. The zero-order chi connectivity index (χ0) is 19.2. The van der Waals surface area contributed by atoms with Crippen LogP contribution >= 0.6 is 0 Å². The largest absolute Gasteiger partial charge is 0.368 e. The first-order valence-corrected chi connectivity index (χ1v) is 9.27. The summed E-state index contributed by atoms with van der Waals surface area (Å²) in [4.78, 5) is 25.9. The lowest BCUT2D eigenvalue weighted by molar-refractivity contribution is -0.122. The molecule has 27 heavy (non-hydrogen) atoms. The summed E-state index contributed by atoms with van der Waals surface area (Å²) < 4.78 is 0. The second-order valence-corrected chi connectivity index (χ2v) is 6.96. The van der Waals surface area contributed by atoms with E-state index in [1.165, 1.54) is 0 Å². The molecule has 1 aliphatic heterocycles. The minimum Gasteiger partial charge on any atom is -0.368 e. The lowest BCUT2D eigenvalue weighted by atomic mass is 10.1. The van der Waals surface area contributed by atoms with Crippen LogP contribution in [-0.4, -0.2) is 29.4 Å². The van der Waals surface area contributed by atoms with E-state index in [1.54, 1.807) is 0 Å². The maximum absolute atomic E-state index is 12.3. The number of urea groups is 1. The molecule has 3 amide bonds. The van der Waals surface area contributed by atoms with Crippen LogP contribution in [0.2, 0.25) is 0 Å². The van der Waals surface area contributed by atoms with Gasteiger partial charge in [0, 0.05) is 12.2 Å². The number of likely N-dealkylation sites (tertiary alicyclic amines) is 1. The van der Waals surface area contributed by atoms with Crippen molar-refractivity contribution in [1.82, 2.24) is 10.2 Å². The number of nitrogens with one attached hydrogen (secondary N) is 2. The number of hydrogen-bond donors (Lipinski definition) is 3. The van der Waals surface area contributed by atoms with Crippen molar-refractivity contribution >= 4 is 17.6 Å². The second-order valence-electron chi connectivity index (χ2n) is 6.96. The topological polar surface area (TPSA) is 87.5 Å². The Kier molecular flexibility index (Phi) is 6.08. The van der Waals surface area contributed by atoms with Gasteiger partial charge in [-0.25, -0.2) is 4.79 Å². The van der Waals surface area contributed by atoms with Crippen molar-refractivity contribution in [2.75, 3.05) is 11.9 Å². The SMILES string of the molecule is C[C@@H](NC(=O)Nc1cccc(CN2CCC[C@@H]2C(N)=O)c1)c1ccccc1. The number of anilines is 1. The summed E-state index contributed by atoms with van der Waals surface area (Å²) in [5.41, 5.74) is 8.30. The highest BCUT2D eigenvalue weighted by molar-refractivity contribution is 5.89. The summed E-state index contributed by atoms with van der Waals surface area (Å²) in [5, 5.41) is 5.82. The van der Waals surface area contributed by atoms with E-state index in [4.69, 9.17) is 5.73 Å². The van der Waals surface area contributed by atoms with Crippen LogP contribution in [0.1, 0.15) is 36.9 Å². The molecule has 1 heterocycles. The number of benzene rings is 2. The summed E-state index contributed by atoms with van der Waals surface area (Å²) in [5.74, 6) is -0.268. The third kappa shape index (κ3) is 5.08. The molecular weight excluding hydrogens is 340 g/mol. The van der Waals surface area contributed by atoms with Crippen LogP contribution in [0, 0.1) is 0 Å². The van der Waals surface area contributed by atoms with E-state index in [-0.39, 0.29) is 24.0 Å². The Morgan fingerprint density at radius 2 is 1.96 bits per heavy atom. The van der Waals surface area contributed by atoms with Crippen LogP contribution in [-0.2, 0) is 11.3 Å². The normalized spacial score (nSPS) is 18.0. The molecule has 0 unspecified atom stereocenters. The van der Waals surface area contributed by atoms with Gasteiger partial charge in [0.1, 0.15) is 0 Å². The molecule has 3 rings (SSSR count). The predicted octanol–water partition coefficient (Wildman–Crippen LogP) is 3.02. The van der Waals surface area contributed by atoms with Crippen LogP contribution in [0.25, 0.3) is 0 Å². The van der Waals surface area contributed by atoms with Gasteiger partial charge in [0.15, 0.2) is 0 Å². The highest BCUT2D eigenvalue weighted by Gasteiger charge is 2.28. The van der Waals surface area contributed by atoms with Crippen molar-refractivity contribution in [3.63, 3.8) is 0 Å². The van der Waals surface area contributed by atoms with Crippen LogP contribution in [0.4, 0.5) is 10.5 Å². The molecule has 0 aliphatic carbocycles. The first kappa shape index (κ1) is 18.9. The average molecular weight is 366 g/mol. The van der Waals surface area contributed by atoms with Crippen molar-refractivity contribution in [3.05, 3.63) is 65.7 Å². The molecule has 0 saturated carbocycles. The highest BCUT2D eigenvalue weighted by Crippen LogP contribution is 2.21. The Balaban J connectivity index is 1.58. The second kappa shape index (κ2) is 8.68. The first-order chi connectivity index (χ1) is 13.0. The molecule has 2 aromatic rings. The maximum Gasteiger partial charge on any atom is 0.319 e. The van der Waals surface area contributed by atoms with Crippen molar-refractivity contribution in [2.24, 2.45) is 5.73 Å². The quantitative estimate of drug-likeness (QED) is 0.734. The Labute approximate surface area is 159 Å². The molecule has 0 aromatic heterocycles. The van der Waals surface area contributed by atoms with Gasteiger partial charge in [0.2, 0.25) is 5.91 Å². The molecule has 6 nitrogen and oxygen atoms in total. The van der Waals surface area contributed by atoms with Crippen molar-refractivity contribution in [3.8, 4) is 0 Å². The van der Waals surface area contributed by atoms with E-state index in [0.29, 0.717) is 6.54 Å². The van der Waals surface area contributed by atoms with E-state index in [1.807, 2.05) is 61.5 Å². The average Bonchev–Trinajstić information content (AvgIpc) is 3.11. The Hall–Kier alpha value is -2.86. The van der Waals surface area contributed by atoms with Crippen molar-refractivity contribution in [1.29, 1.82) is 0 Å². The van der Waals surface area contributed by atoms with Crippen LogP contribution in [0.3, 0.4) is 0 Å². The van der Waals surface area contributed by atoms with Gasteiger partial charge in [0.05, 0.1) is 12.1 Å². The van der Waals surface area contributed by atoms with Gasteiger partial charge in [-0.1, -0.05) is 42.5 Å². The monoisotopic (exact) mass is 366 g/mol. The zero-order valence-corrected chi connectivity index (χ0v) is 15.5. The van der Waals surface area contributed by atoms with Gasteiger partial charge in [0.25, 0.3) is 0 Å². The number of nitrogens with zero attached hydrogens (tertiary/aromatic N) is 1. The highest BCUT2D eigenvalue weighted by atomic mass is 16.2. The third-order valence-corrected chi connectivity index (χ3v) is 4.91. The lowest BCUT2D eigenvalue weighted by Gasteiger charge is -2.22. The zero-order valence-electron chi connectivity index (χ0n) is 15.5. The van der Waals surface area contributed by atoms with Gasteiger partial charge in [-0.15, -0.1) is 0 Å². The van der Waals surface area contributed by atoms with Crippen molar-refractivity contribution < 1.29 is 9.59 Å². The summed E-state index contributed by atoms with van der Waals surface area (Å²) in [6, 6.07) is 17.0. The fourth-order valence-electron chi connectivity index (χ4n) is 3.51. The summed E-state index contributed by atoms with van der Waals surface area (Å²) in [6.45, 7) is 3.45. The number of hydrogen-bond acceptors (Lipinski definition) is 3. The van der Waals surface area contributed by atoms with E-state index in [2.05, 4.69) is 15.5 Å². The van der Waals surface area contributed by atoms with E-state index in [9.17, 15) is 9.59 Å². The van der Waals surface area contributed by atoms with E-state index < -0.39 is 0 Å². The third-order valence-electron chi connectivity index (χ3n) is 4.91. The predicted molar refractivity (Wildman–Crippen MR) is 106 cm³/mol. The number of amides is 3. The summed E-state index contributed by atoms with van der Waals surface area (Å²) >= 11 is 0. The molecule has 6 heteroatoms. The molecule has 1 fully saturated rings. The van der Waals surface area contributed by atoms with Gasteiger partial charge >= 0.3 is 6.03 Å². The van der Waals surface area contributed by atoms with Crippen LogP contribution < -0.4 is 16.4 Å². The Morgan fingerprint density at radius 3 is 2.70 bits per heavy atom. The molecule has 2 aromatic carbocycles.